The predicted molar refractivity (Wildman–Crippen MR) is 90.6 cm³/mol. The molecule has 0 radical (unpaired) electrons. The highest BCUT2D eigenvalue weighted by atomic mass is 32.2. The summed E-state index contributed by atoms with van der Waals surface area (Å²) < 4.78 is 5.11. The maximum absolute atomic E-state index is 12.3. The van der Waals surface area contributed by atoms with E-state index in [2.05, 4.69) is 15.5 Å². The molecule has 0 atom stereocenters. The average Bonchev–Trinajstić information content (AvgIpc) is 3.01. The monoisotopic (exact) mass is 325 g/mol. The third-order valence-corrected chi connectivity index (χ3v) is 3.97. The van der Waals surface area contributed by atoms with E-state index in [-0.39, 0.29) is 5.91 Å². The van der Waals surface area contributed by atoms with E-state index < -0.39 is 0 Å². The molecule has 1 N–H and O–H groups in total. The molecule has 0 spiro atoms. The van der Waals surface area contributed by atoms with E-state index in [1.54, 1.807) is 43.0 Å². The molecule has 0 saturated carbocycles. The number of amides is 1. The third-order valence-electron chi connectivity index (χ3n) is 3.25. The first-order chi connectivity index (χ1) is 11.2. The van der Waals surface area contributed by atoms with E-state index in [9.17, 15) is 4.79 Å². The van der Waals surface area contributed by atoms with Crippen molar-refractivity contribution in [3.8, 4) is 11.5 Å². The summed E-state index contributed by atoms with van der Waals surface area (Å²) in [6.45, 7) is 1.76. The number of nitrogens with zero attached hydrogens (tertiary/aromatic N) is 2. The fourth-order valence-corrected chi connectivity index (χ4v) is 2.54. The molecule has 1 amide bonds. The van der Waals surface area contributed by atoms with Crippen LogP contribution in [0.15, 0.2) is 57.9 Å². The Labute approximate surface area is 138 Å². The second-order valence-electron chi connectivity index (χ2n) is 4.91. The van der Waals surface area contributed by atoms with Crippen LogP contribution in [0.2, 0.25) is 0 Å². The lowest BCUT2D eigenvalue weighted by atomic mass is 10.1. The Hall–Kier alpha value is -2.60. The van der Waals surface area contributed by atoms with Gasteiger partial charge < -0.3 is 9.84 Å². The van der Waals surface area contributed by atoms with Gasteiger partial charge in [-0.25, -0.2) is 0 Å². The Morgan fingerprint density at radius 1 is 1.17 bits per heavy atom. The van der Waals surface area contributed by atoms with Crippen molar-refractivity contribution in [1.82, 2.24) is 10.1 Å². The highest BCUT2D eigenvalue weighted by Gasteiger charge is 2.09. The lowest BCUT2D eigenvalue weighted by molar-refractivity contribution is 0.102. The first kappa shape index (κ1) is 15.3. The number of hydrogen-bond acceptors (Lipinski definition) is 5. The molecule has 0 fully saturated rings. The van der Waals surface area contributed by atoms with E-state index in [0.717, 1.165) is 16.1 Å². The molecule has 3 aromatic rings. The van der Waals surface area contributed by atoms with E-state index in [4.69, 9.17) is 4.52 Å². The van der Waals surface area contributed by atoms with Gasteiger partial charge in [0.05, 0.1) is 0 Å². The van der Waals surface area contributed by atoms with Crippen molar-refractivity contribution in [2.75, 3.05) is 11.6 Å². The van der Waals surface area contributed by atoms with Crippen LogP contribution in [0.3, 0.4) is 0 Å². The second-order valence-corrected chi connectivity index (χ2v) is 5.79. The van der Waals surface area contributed by atoms with Crippen LogP contribution in [0, 0.1) is 6.92 Å². The van der Waals surface area contributed by atoms with Gasteiger partial charge in [-0.1, -0.05) is 11.2 Å². The number of aromatic nitrogens is 2. The van der Waals surface area contributed by atoms with Crippen LogP contribution in [0.1, 0.15) is 16.2 Å². The number of hydrogen-bond donors (Lipinski definition) is 1. The number of benzene rings is 2. The molecular weight excluding hydrogens is 310 g/mol. The molecule has 0 bridgehead atoms. The molecule has 6 heteroatoms. The number of rotatable bonds is 4. The molecule has 1 heterocycles. The first-order valence-corrected chi connectivity index (χ1v) is 8.24. The highest BCUT2D eigenvalue weighted by Crippen LogP contribution is 2.21. The van der Waals surface area contributed by atoms with Crippen molar-refractivity contribution in [2.45, 2.75) is 11.8 Å². The van der Waals surface area contributed by atoms with Crippen molar-refractivity contribution in [2.24, 2.45) is 0 Å². The van der Waals surface area contributed by atoms with Crippen LogP contribution >= 0.6 is 11.8 Å². The van der Waals surface area contributed by atoms with Gasteiger partial charge in [0.15, 0.2) is 5.82 Å². The Morgan fingerprint density at radius 3 is 2.61 bits per heavy atom. The number of thioether (sulfide) groups is 1. The zero-order chi connectivity index (χ0) is 16.2. The van der Waals surface area contributed by atoms with Crippen molar-refractivity contribution in [3.63, 3.8) is 0 Å². The molecule has 2 aromatic carbocycles. The van der Waals surface area contributed by atoms with Gasteiger partial charge in [0.2, 0.25) is 0 Å². The number of anilines is 1. The van der Waals surface area contributed by atoms with E-state index in [1.807, 2.05) is 30.5 Å². The third kappa shape index (κ3) is 3.60. The molecule has 116 valence electrons. The summed E-state index contributed by atoms with van der Waals surface area (Å²) in [6.07, 6.45) is 2.00. The standard InChI is InChI=1S/C17H15N3O2S/c1-11-18-17(22-20-11)13-8-6-12(7-9-13)16(21)19-14-4-3-5-15(10-14)23-2/h3-10H,1-2H3,(H,19,21). The SMILES string of the molecule is CSc1cccc(NC(=O)c2ccc(-c3nc(C)no3)cc2)c1. The van der Waals surface area contributed by atoms with Gasteiger partial charge >= 0.3 is 0 Å². The average molecular weight is 325 g/mol. The van der Waals surface area contributed by atoms with Gasteiger partial charge in [0.1, 0.15) is 0 Å². The minimum Gasteiger partial charge on any atom is -0.334 e. The molecular formula is C17H15N3O2S. The van der Waals surface area contributed by atoms with Crippen LogP contribution in [-0.2, 0) is 0 Å². The predicted octanol–water partition coefficient (Wildman–Crippen LogP) is 4.02. The summed E-state index contributed by atoms with van der Waals surface area (Å²) in [4.78, 5) is 17.6. The zero-order valence-corrected chi connectivity index (χ0v) is 13.6. The van der Waals surface area contributed by atoms with Crippen molar-refractivity contribution in [1.29, 1.82) is 0 Å². The molecule has 5 nitrogen and oxygen atoms in total. The summed E-state index contributed by atoms with van der Waals surface area (Å²) in [5.41, 5.74) is 2.13. The quantitative estimate of drug-likeness (QED) is 0.734. The van der Waals surface area contributed by atoms with Crippen LogP contribution < -0.4 is 5.32 Å². The van der Waals surface area contributed by atoms with Crippen LogP contribution in [0.25, 0.3) is 11.5 Å². The summed E-state index contributed by atoms with van der Waals surface area (Å²) in [6, 6.07) is 14.8. The van der Waals surface area contributed by atoms with Crippen molar-refractivity contribution in [3.05, 3.63) is 59.9 Å². The first-order valence-electron chi connectivity index (χ1n) is 7.02. The molecule has 0 aliphatic carbocycles. The fourth-order valence-electron chi connectivity index (χ4n) is 2.08. The molecule has 0 unspecified atom stereocenters. The number of carbonyl (C=O) groups excluding carboxylic acids is 1. The Kier molecular flexibility index (Phi) is 4.43. The lowest BCUT2D eigenvalue weighted by Crippen LogP contribution is -2.11. The van der Waals surface area contributed by atoms with Crippen LogP contribution in [-0.4, -0.2) is 22.3 Å². The number of nitrogens with one attached hydrogen (secondary N) is 1. The minimum atomic E-state index is -0.156. The summed E-state index contributed by atoms with van der Waals surface area (Å²) in [7, 11) is 0. The molecule has 3 rings (SSSR count). The highest BCUT2D eigenvalue weighted by molar-refractivity contribution is 7.98. The summed E-state index contributed by atoms with van der Waals surface area (Å²) in [5.74, 6) is 0.870. The van der Waals surface area contributed by atoms with Crippen molar-refractivity contribution >= 4 is 23.4 Å². The largest absolute Gasteiger partial charge is 0.334 e. The minimum absolute atomic E-state index is 0.156. The van der Waals surface area contributed by atoms with Gasteiger partial charge in [-0.05, 0) is 55.6 Å². The normalized spacial score (nSPS) is 10.5. The smallest absolute Gasteiger partial charge is 0.257 e. The van der Waals surface area contributed by atoms with Crippen LogP contribution in [0.5, 0.6) is 0 Å². The fraction of sp³-hybridized carbons (Fsp3) is 0.118. The summed E-state index contributed by atoms with van der Waals surface area (Å²) >= 11 is 1.63. The molecule has 0 saturated heterocycles. The molecule has 0 aliphatic heterocycles. The van der Waals surface area contributed by atoms with Gasteiger partial charge in [0, 0.05) is 21.7 Å². The lowest BCUT2D eigenvalue weighted by Gasteiger charge is -2.07. The van der Waals surface area contributed by atoms with Gasteiger partial charge in [-0.3, -0.25) is 4.79 Å². The van der Waals surface area contributed by atoms with Crippen LogP contribution in [0.4, 0.5) is 5.69 Å². The van der Waals surface area contributed by atoms with Gasteiger partial charge in [-0.15, -0.1) is 11.8 Å². The number of aryl methyl sites for hydroxylation is 1. The number of carbonyl (C=O) groups is 1. The Bertz CT molecular complexity index is 828. The molecule has 23 heavy (non-hydrogen) atoms. The van der Waals surface area contributed by atoms with E-state index in [1.165, 1.54) is 0 Å². The molecule has 0 aliphatic rings. The van der Waals surface area contributed by atoms with E-state index in [0.29, 0.717) is 17.3 Å². The Morgan fingerprint density at radius 2 is 1.96 bits per heavy atom. The van der Waals surface area contributed by atoms with Gasteiger partial charge in [-0.2, -0.15) is 4.98 Å². The molecule has 1 aromatic heterocycles. The Balaban J connectivity index is 1.75. The topological polar surface area (TPSA) is 68.0 Å². The van der Waals surface area contributed by atoms with Crippen molar-refractivity contribution < 1.29 is 9.32 Å². The summed E-state index contributed by atoms with van der Waals surface area (Å²) in [5, 5.41) is 6.65. The maximum Gasteiger partial charge on any atom is 0.257 e. The van der Waals surface area contributed by atoms with E-state index >= 15 is 0 Å². The second kappa shape index (κ2) is 6.66. The van der Waals surface area contributed by atoms with Gasteiger partial charge in [0.25, 0.3) is 11.8 Å². The maximum atomic E-state index is 12.3. The zero-order valence-electron chi connectivity index (χ0n) is 12.7.